The molecule has 2 atom stereocenters. The first kappa shape index (κ1) is 10.0. The van der Waals surface area contributed by atoms with Crippen LogP contribution in [-0.4, -0.2) is 28.6 Å². The highest BCUT2D eigenvalue weighted by atomic mass is 35.5. The standard InChI is InChI=1S/C3H5ClO.C2H3ClO2/c1-2-3(4)5-2;3-1-2(4)5/h2-3H,1H3;1H2,(H,4,5). The second-order valence-electron chi connectivity index (χ2n) is 1.72. The van der Waals surface area contributed by atoms with Gasteiger partial charge in [-0.1, -0.05) is 11.6 Å². The monoisotopic (exact) mass is 186 g/mol. The van der Waals surface area contributed by atoms with E-state index in [1.807, 2.05) is 6.92 Å². The first-order chi connectivity index (χ1) is 4.57. The van der Waals surface area contributed by atoms with Crippen LogP contribution < -0.4 is 0 Å². The van der Waals surface area contributed by atoms with Gasteiger partial charge < -0.3 is 9.84 Å². The Morgan fingerprint density at radius 3 is 2.00 bits per heavy atom. The molecule has 1 saturated heterocycles. The summed E-state index contributed by atoms with van der Waals surface area (Å²) in [4.78, 5) is 9.24. The molecule has 1 aliphatic rings. The van der Waals surface area contributed by atoms with Crippen molar-refractivity contribution in [1.29, 1.82) is 0 Å². The van der Waals surface area contributed by atoms with E-state index in [1.165, 1.54) is 0 Å². The van der Waals surface area contributed by atoms with Crippen LogP contribution in [0.15, 0.2) is 0 Å². The minimum Gasteiger partial charge on any atom is -0.480 e. The van der Waals surface area contributed by atoms with Crippen molar-refractivity contribution in [3.8, 4) is 0 Å². The van der Waals surface area contributed by atoms with E-state index < -0.39 is 5.97 Å². The Morgan fingerprint density at radius 2 is 2.00 bits per heavy atom. The lowest BCUT2D eigenvalue weighted by Gasteiger charge is -1.69. The molecule has 0 amide bonds. The van der Waals surface area contributed by atoms with Gasteiger partial charge in [-0.05, 0) is 6.92 Å². The van der Waals surface area contributed by atoms with Gasteiger partial charge in [0.2, 0.25) is 0 Å². The van der Waals surface area contributed by atoms with Crippen LogP contribution in [0.4, 0.5) is 0 Å². The molecule has 1 fully saturated rings. The average Bonchev–Trinajstić information content (AvgIpc) is 2.47. The minimum absolute atomic E-state index is 0.0231. The molecule has 0 aromatic heterocycles. The summed E-state index contributed by atoms with van der Waals surface area (Å²) in [5, 5.41) is 7.59. The average molecular weight is 187 g/mol. The SMILES string of the molecule is CC1OC1Cl.O=C(O)CCl. The summed E-state index contributed by atoms with van der Waals surface area (Å²) in [6.45, 7) is 1.94. The summed E-state index contributed by atoms with van der Waals surface area (Å²) in [6.07, 6.45) is 0.316. The van der Waals surface area contributed by atoms with Gasteiger partial charge in [-0.15, -0.1) is 11.6 Å². The van der Waals surface area contributed by atoms with Gasteiger partial charge in [0.15, 0.2) is 5.56 Å². The van der Waals surface area contributed by atoms with Crippen molar-refractivity contribution in [3.05, 3.63) is 0 Å². The normalized spacial score (nSPS) is 28.3. The van der Waals surface area contributed by atoms with Crippen molar-refractivity contribution in [1.82, 2.24) is 0 Å². The predicted molar refractivity (Wildman–Crippen MR) is 38.5 cm³/mol. The second kappa shape index (κ2) is 4.77. The molecule has 10 heavy (non-hydrogen) atoms. The summed E-state index contributed by atoms with van der Waals surface area (Å²) in [5.74, 6) is -1.29. The maximum Gasteiger partial charge on any atom is 0.318 e. The molecule has 60 valence electrons. The van der Waals surface area contributed by atoms with Crippen molar-refractivity contribution in [2.45, 2.75) is 18.6 Å². The maximum atomic E-state index is 9.24. The lowest BCUT2D eigenvalue weighted by atomic mass is 10.6. The molecule has 1 aliphatic heterocycles. The third kappa shape index (κ3) is 6.13. The van der Waals surface area contributed by atoms with E-state index in [2.05, 4.69) is 4.74 Å². The molecule has 0 aromatic rings. The third-order valence-corrected chi connectivity index (χ3v) is 1.44. The van der Waals surface area contributed by atoms with E-state index in [-0.39, 0.29) is 11.4 Å². The van der Waals surface area contributed by atoms with Gasteiger partial charge in [-0.3, -0.25) is 4.79 Å². The smallest absolute Gasteiger partial charge is 0.318 e. The molecule has 1 heterocycles. The highest BCUT2D eigenvalue weighted by molar-refractivity contribution is 6.26. The predicted octanol–water partition coefficient (Wildman–Crippen LogP) is 1.28. The molecular formula is C5H8Cl2O3. The zero-order valence-corrected chi connectivity index (χ0v) is 6.89. The molecule has 0 saturated carbocycles. The Labute approximate surface area is 68.9 Å². The molecule has 0 spiro atoms. The molecule has 2 unspecified atom stereocenters. The Bertz CT molecular complexity index is 111. The van der Waals surface area contributed by atoms with Crippen molar-refractivity contribution in [2.24, 2.45) is 0 Å². The molecular weight excluding hydrogens is 179 g/mol. The molecule has 0 aliphatic carbocycles. The van der Waals surface area contributed by atoms with Crippen molar-refractivity contribution < 1.29 is 14.6 Å². The summed E-state index contributed by atoms with van der Waals surface area (Å²) in [6, 6.07) is 0. The molecule has 0 aromatic carbocycles. The number of rotatable bonds is 1. The van der Waals surface area contributed by atoms with E-state index in [1.54, 1.807) is 0 Å². The second-order valence-corrected chi connectivity index (χ2v) is 2.42. The Hall–Kier alpha value is 0.01000. The minimum atomic E-state index is -0.980. The fourth-order valence-electron chi connectivity index (χ4n) is 0.160. The number of carbonyl (C=O) groups is 1. The van der Waals surface area contributed by atoms with Gasteiger partial charge in [0.25, 0.3) is 0 Å². The van der Waals surface area contributed by atoms with Crippen LogP contribution in [0.1, 0.15) is 6.92 Å². The number of carboxylic acid groups (broad SMARTS) is 1. The van der Waals surface area contributed by atoms with Crippen LogP contribution in [0.2, 0.25) is 0 Å². The lowest BCUT2D eigenvalue weighted by molar-refractivity contribution is -0.134. The first-order valence-corrected chi connectivity index (χ1v) is 3.62. The molecule has 3 nitrogen and oxygen atoms in total. The zero-order valence-electron chi connectivity index (χ0n) is 5.38. The largest absolute Gasteiger partial charge is 0.480 e. The Kier molecular flexibility index (Phi) is 4.77. The summed E-state index contributed by atoms with van der Waals surface area (Å²) in [7, 11) is 0. The topological polar surface area (TPSA) is 49.8 Å². The fourth-order valence-corrected chi connectivity index (χ4v) is 0.322. The van der Waals surface area contributed by atoms with Gasteiger partial charge in [0, 0.05) is 0 Å². The first-order valence-electron chi connectivity index (χ1n) is 2.65. The Balaban J connectivity index is 0.000000162. The zero-order chi connectivity index (χ0) is 8.15. The van der Waals surface area contributed by atoms with E-state index >= 15 is 0 Å². The summed E-state index contributed by atoms with van der Waals surface area (Å²) < 4.78 is 4.68. The number of hydrogen-bond donors (Lipinski definition) is 1. The number of carboxylic acids is 1. The molecule has 0 bridgehead atoms. The van der Waals surface area contributed by atoms with Crippen LogP contribution in [0.3, 0.4) is 0 Å². The van der Waals surface area contributed by atoms with Gasteiger partial charge >= 0.3 is 5.97 Å². The van der Waals surface area contributed by atoms with Crippen molar-refractivity contribution >= 4 is 29.2 Å². The van der Waals surface area contributed by atoms with E-state index in [4.69, 9.17) is 28.3 Å². The number of ether oxygens (including phenoxy) is 1. The van der Waals surface area contributed by atoms with E-state index in [0.29, 0.717) is 6.10 Å². The fraction of sp³-hybridized carbons (Fsp3) is 0.800. The van der Waals surface area contributed by atoms with Gasteiger partial charge in [0.1, 0.15) is 5.88 Å². The molecule has 5 heteroatoms. The van der Waals surface area contributed by atoms with Crippen LogP contribution in [0, 0.1) is 0 Å². The Morgan fingerprint density at radius 1 is 1.80 bits per heavy atom. The van der Waals surface area contributed by atoms with E-state index in [9.17, 15) is 4.79 Å². The van der Waals surface area contributed by atoms with Gasteiger partial charge in [0.05, 0.1) is 6.10 Å². The highest BCUT2D eigenvalue weighted by Crippen LogP contribution is 2.23. The summed E-state index contributed by atoms with van der Waals surface area (Å²) in [5.41, 5.74) is 0.0231. The van der Waals surface area contributed by atoms with Crippen LogP contribution in [0.5, 0.6) is 0 Å². The van der Waals surface area contributed by atoms with Gasteiger partial charge in [-0.25, -0.2) is 0 Å². The van der Waals surface area contributed by atoms with Crippen LogP contribution >= 0.6 is 23.2 Å². The van der Waals surface area contributed by atoms with Crippen molar-refractivity contribution in [3.63, 3.8) is 0 Å². The third-order valence-electron chi connectivity index (χ3n) is 0.751. The quantitative estimate of drug-likeness (QED) is 0.496. The highest BCUT2D eigenvalue weighted by Gasteiger charge is 2.30. The number of epoxide rings is 1. The molecule has 0 radical (unpaired) electrons. The number of alkyl halides is 2. The van der Waals surface area contributed by atoms with Gasteiger partial charge in [-0.2, -0.15) is 0 Å². The lowest BCUT2D eigenvalue weighted by Crippen LogP contribution is -1.92. The number of hydrogen-bond acceptors (Lipinski definition) is 2. The summed E-state index contributed by atoms with van der Waals surface area (Å²) >= 11 is 10.1. The number of aliphatic carboxylic acids is 1. The molecule has 1 N–H and O–H groups in total. The van der Waals surface area contributed by atoms with E-state index in [0.717, 1.165) is 0 Å². The van der Waals surface area contributed by atoms with Crippen molar-refractivity contribution in [2.75, 3.05) is 5.88 Å². The van der Waals surface area contributed by atoms with Crippen LogP contribution in [0.25, 0.3) is 0 Å². The molecule has 1 rings (SSSR count). The number of halogens is 2. The maximum absolute atomic E-state index is 9.24. The van der Waals surface area contributed by atoms with Crippen LogP contribution in [-0.2, 0) is 9.53 Å².